The smallest absolute Gasteiger partial charge is 0.247 e. The van der Waals surface area contributed by atoms with Crippen LogP contribution >= 0.6 is 0 Å². The molecule has 0 spiro atoms. The molecule has 1 N–H and O–H groups in total. The Morgan fingerprint density at radius 2 is 1.73 bits per heavy atom. The maximum Gasteiger partial charge on any atom is 0.247 e. The largest absolute Gasteiger partial charge is 0.494 e. The molecule has 5 atom stereocenters. The van der Waals surface area contributed by atoms with Crippen LogP contribution < -0.4 is 10.1 Å². The number of rotatable bonds is 5. The lowest BCUT2D eigenvalue weighted by Crippen LogP contribution is -2.46. The van der Waals surface area contributed by atoms with Crippen molar-refractivity contribution in [2.75, 3.05) is 11.9 Å². The van der Waals surface area contributed by atoms with E-state index >= 15 is 0 Å². The van der Waals surface area contributed by atoms with Crippen LogP contribution in [0.2, 0.25) is 0 Å². The van der Waals surface area contributed by atoms with E-state index in [-0.39, 0.29) is 41.4 Å². The standard InChI is InChI=1S/C20H22N2O4/c1-3-26-15-8-6-14(7-9-15)21-18(23)11(2)22-19(24)16-12-4-5-13(10-12)17(16)20(22)25/h4-9,11-13,16-17H,3,10H2,1-2H3,(H,21,23)/t11-,12-,13-,16+,17+/m0/s1. The van der Waals surface area contributed by atoms with E-state index in [0.717, 1.165) is 12.2 Å². The van der Waals surface area contributed by atoms with Gasteiger partial charge in [-0.1, -0.05) is 12.2 Å². The van der Waals surface area contributed by atoms with Crippen molar-refractivity contribution in [3.63, 3.8) is 0 Å². The molecule has 1 aromatic rings. The lowest BCUT2D eigenvalue weighted by molar-refractivity contribution is -0.146. The van der Waals surface area contributed by atoms with E-state index in [9.17, 15) is 14.4 Å². The second-order valence-electron chi connectivity index (χ2n) is 7.17. The normalized spacial score (nSPS) is 29.8. The van der Waals surface area contributed by atoms with Crippen molar-refractivity contribution in [1.82, 2.24) is 4.90 Å². The number of carbonyl (C=O) groups is 3. The number of imide groups is 1. The number of amides is 3. The van der Waals surface area contributed by atoms with Crippen molar-refractivity contribution in [2.45, 2.75) is 26.3 Å². The summed E-state index contributed by atoms with van der Waals surface area (Å²) in [4.78, 5) is 39.3. The molecule has 6 heteroatoms. The zero-order chi connectivity index (χ0) is 18.4. The zero-order valence-electron chi connectivity index (χ0n) is 14.8. The predicted octanol–water partition coefficient (Wildman–Crippen LogP) is 2.22. The summed E-state index contributed by atoms with van der Waals surface area (Å²) in [6, 6.07) is 6.18. The maximum atomic E-state index is 12.8. The van der Waals surface area contributed by atoms with Gasteiger partial charge < -0.3 is 10.1 Å². The molecular weight excluding hydrogens is 332 g/mol. The third-order valence-corrected chi connectivity index (χ3v) is 5.70. The Bertz CT molecular complexity index is 756. The molecule has 3 amide bonds. The molecule has 0 unspecified atom stereocenters. The fraction of sp³-hybridized carbons (Fsp3) is 0.450. The highest BCUT2D eigenvalue weighted by Gasteiger charge is 2.60. The molecule has 0 radical (unpaired) electrons. The fourth-order valence-corrected chi connectivity index (χ4v) is 4.47. The first-order valence-corrected chi connectivity index (χ1v) is 9.10. The van der Waals surface area contributed by atoms with Gasteiger partial charge in [0.05, 0.1) is 18.4 Å². The molecule has 1 aromatic carbocycles. The van der Waals surface area contributed by atoms with Crippen LogP contribution in [0.3, 0.4) is 0 Å². The quantitative estimate of drug-likeness (QED) is 0.650. The molecule has 0 aromatic heterocycles. The van der Waals surface area contributed by atoms with E-state index in [4.69, 9.17) is 4.74 Å². The van der Waals surface area contributed by atoms with Crippen molar-refractivity contribution in [3.8, 4) is 5.75 Å². The number of anilines is 1. The first-order chi connectivity index (χ1) is 12.5. The Hall–Kier alpha value is -2.63. The predicted molar refractivity (Wildman–Crippen MR) is 95.3 cm³/mol. The minimum Gasteiger partial charge on any atom is -0.494 e. The van der Waals surface area contributed by atoms with Gasteiger partial charge in [-0.15, -0.1) is 0 Å². The molecule has 1 saturated heterocycles. The summed E-state index contributed by atoms with van der Waals surface area (Å²) in [6.45, 7) is 4.08. The molecule has 4 rings (SSSR count). The monoisotopic (exact) mass is 354 g/mol. The molecule has 2 aliphatic carbocycles. The lowest BCUT2D eigenvalue weighted by atomic mass is 9.85. The highest BCUT2D eigenvalue weighted by atomic mass is 16.5. The van der Waals surface area contributed by atoms with Gasteiger partial charge in [0.1, 0.15) is 11.8 Å². The maximum absolute atomic E-state index is 12.8. The summed E-state index contributed by atoms with van der Waals surface area (Å²) < 4.78 is 5.37. The van der Waals surface area contributed by atoms with Gasteiger partial charge >= 0.3 is 0 Å². The van der Waals surface area contributed by atoms with E-state index in [0.29, 0.717) is 12.3 Å². The average Bonchev–Trinajstić information content (AvgIpc) is 3.30. The molecular formula is C20H22N2O4. The van der Waals surface area contributed by atoms with Crippen LogP contribution in [0.1, 0.15) is 20.3 Å². The summed E-state index contributed by atoms with van der Waals surface area (Å²) in [5, 5.41) is 2.78. The van der Waals surface area contributed by atoms with Crippen molar-refractivity contribution in [1.29, 1.82) is 0 Å². The molecule has 1 heterocycles. The molecule has 6 nitrogen and oxygen atoms in total. The molecule has 26 heavy (non-hydrogen) atoms. The van der Waals surface area contributed by atoms with E-state index in [1.54, 1.807) is 31.2 Å². The second-order valence-corrected chi connectivity index (χ2v) is 7.17. The topological polar surface area (TPSA) is 75.7 Å². The summed E-state index contributed by atoms with van der Waals surface area (Å²) in [7, 11) is 0. The van der Waals surface area contributed by atoms with Gasteiger partial charge in [-0.25, -0.2) is 0 Å². The highest BCUT2D eigenvalue weighted by Crippen LogP contribution is 2.52. The van der Waals surface area contributed by atoms with E-state index < -0.39 is 6.04 Å². The summed E-state index contributed by atoms with van der Waals surface area (Å²) in [6.07, 6.45) is 4.98. The molecule has 1 aliphatic heterocycles. The molecule has 1 saturated carbocycles. The van der Waals surface area contributed by atoms with Crippen LogP contribution in [-0.2, 0) is 14.4 Å². The van der Waals surface area contributed by atoms with Crippen molar-refractivity contribution < 1.29 is 19.1 Å². The third kappa shape index (κ3) is 2.52. The average molecular weight is 354 g/mol. The Morgan fingerprint density at radius 1 is 1.15 bits per heavy atom. The minimum atomic E-state index is -0.827. The van der Waals surface area contributed by atoms with Gasteiger partial charge in [0, 0.05) is 5.69 Å². The molecule has 2 bridgehead atoms. The fourth-order valence-electron chi connectivity index (χ4n) is 4.47. The Balaban J connectivity index is 1.46. The number of allylic oxidation sites excluding steroid dienone is 2. The first-order valence-electron chi connectivity index (χ1n) is 9.10. The highest BCUT2D eigenvalue weighted by molar-refractivity contribution is 6.10. The Labute approximate surface area is 152 Å². The van der Waals surface area contributed by atoms with Crippen LogP contribution in [0.15, 0.2) is 36.4 Å². The summed E-state index contributed by atoms with van der Waals surface area (Å²) in [5.41, 5.74) is 0.603. The van der Waals surface area contributed by atoms with Gasteiger partial charge in [0.15, 0.2) is 0 Å². The van der Waals surface area contributed by atoms with Crippen LogP contribution in [0, 0.1) is 23.7 Å². The van der Waals surface area contributed by atoms with Crippen molar-refractivity contribution >= 4 is 23.4 Å². The SMILES string of the molecule is CCOc1ccc(NC(=O)[C@H](C)N2C(=O)[C@H]3[C@H](C2=O)[C@H]2C=C[C@H]3C2)cc1. The van der Waals surface area contributed by atoms with Crippen LogP contribution in [0.4, 0.5) is 5.69 Å². The number of fused-ring (bicyclic) bond motifs is 5. The minimum absolute atomic E-state index is 0.146. The molecule has 136 valence electrons. The van der Waals surface area contributed by atoms with Gasteiger partial charge in [-0.05, 0) is 56.4 Å². The third-order valence-electron chi connectivity index (χ3n) is 5.70. The number of ether oxygens (including phenoxy) is 1. The van der Waals surface area contributed by atoms with E-state index in [2.05, 4.69) is 5.32 Å². The summed E-state index contributed by atoms with van der Waals surface area (Å²) in [5.74, 6) is -0.315. The van der Waals surface area contributed by atoms with Crippen molar-refractivity contribution in [3.05, 3.63) is 36.4 Å². The van der Waals surface area contributed by atoms with Crippen LogP contribution in [0.25, 0.3) is 0 Å². The van der Waals surface area contributed by atoms with E-state index in [1.807, 2.05) is 19.1 Å². The molecule has 2 fully saturated rings. The van der Waals surface area contributed by atoms with Gasteiger partial charge in [-0.3, -0.25) is 19.3 Å². The van der Waals surface area contributed by atoms with Crippen LogP contribution in [0.5, 0.6) is 5.75 Å². The number of hydrogen-bond donors (Lipinski definition) is 1. The number of nitrogens with zero attached hydrogens (tertiary/aromatic N) is 1. The number of hydrogen-bond acceptors (Lipinski definition) is 4. The first kappa shape index (κ1) is 16.8. The number of likely N-dealkylation sites (tertiary alicyclic amines) is 1. The number of carbonyl (C=O) groups excluding carboxylic acids is 3. The van der Waals surface area contributed by atoms with Gasteiger partial charge in [0.25, 0.3) is 0 Å². The number of benzene rings is 1. The number of nitrogens with one attached hydrogen (secondary N) is 1. The lowest BCUT2D eigenvalue weighted by Gasteiger charge is -2.23. The second kappa shape index (κ2) is 6.27. The zero-order valence-corrected chi connectivity index (χ0v) is 14.8. The van der Waals surface area contributed by atoms with Crippen molar-refractivity contribution in [2.24, 2.45) is 23.7 Å². The van der Waals surface area contributed by atoms with Crippen LogP contribution in [-0.4, -0.2) is 35.3 Å². The molecule has 3 aliphatic rings. The van der Waals surface area contributed by atoms with Gasteiger partial charge in [-0.2, -0.15) is 0 Å². The van der Waals surface area contributed by atoms with E-state index in [1.165, 1.54) is 4.90 Å². The Morgan fingerprint density at radius 3 is 2.27 bits per heavy atom. The van der Waals surface area contributed by atoms with Gasteiger partial charge in [0.2, 0.25) is 17.7 Å². The Kier molecular flexibility index (Phi) is 4.05. The summed E-state index contributed by atoms with van der Waals surface area (Å²) >= 11 is 0.